The van der Waals surface area contributed by atoms with Gasteiger partial charge >= 0.3 is 0 Å². The zero-order valence-corrected chi connectivity index (χ0v) is 21.5. The van der Waals surface area contributed by atoms with Crippen LogP contribution < -0.4 is 5.56 Å². The van der Waals surface area contributed by atoms with Crippen LogP contribution in [0.25, 0.3) is 33.3 Å². The molecule has 37 heavy (non-hydrogen) atoms. The van der Waals surface area contributed by atoms with Gasteiger partial charge in [0.25, 0.3) is 5.56 Å². The average molecular weight is 500 g/mol. The summed E-state index contributed by atoms with van der Waals surface area (Å²) in [5.74, 6) is -0.503. The maximum atomic E-state index is 14.4. The number of fused-ring (bicyclic) bond motifs is 1. The number of nitrogens with one attached hydrogen (secondary N) is 1. The van der Waals surface area contributed by atoms with Crippen LogP contribution in [0.15, 0.2) is 77.9 Å². The van der Waals surface area contributed by atoms with E-state index in [0.29, 0.717) is 22.2 Å². The fraction of sp³-hybridized carbons (Fsp3) is 0.200. The molecule has 0 aliphatic heterocycles. The highest BCUT2D eigenvalue weighted by Gasteiger charge is 2.23. The van der Waals surface area contributed by atoms with Crippen LogP contribution in [0.3, 0.4) is 0 Å². The number of aromatic nitrogens is 2. The molecule has 190 valence electrons. The summed E-state index contributed by atoms with van der Waals surface area (Å²) in [4.78, 5) is 29.3. The maximum absolute atomic E-state index is 14.4. The number of aryl methyl sites for hydroxylation is 1. The molecule has 0 saturated heterocycles. The Morgan fingerprint density at radius 1 is 1.11 bits per heavy atom. The van der Waals surface area contributed by atoms with Crippen LogP contribution in [0.1, 0.15) is 37.5 Å². The van der Waals surface area contributed by atoms with Crippen molar-refractivity contribution in [1.29, 1.82) is 0 Å². The van der Waals surface area contributed by atoms with Gasteiger partial charge in [0.05, 0.1) is 5.60 Å². The van der Waals surface area contributed by atoms with E-state index in [2.05, 4.69) is 4.98 Å². The second kappa shape index (κ2) is 10.0. The number of rotatable bonds is 7. The monoisotopic (exact) mass is 499 g/mol. The predicted octanol–water partition coefficient (Wildman–Crippen LogP) is 5.43. The summed E-state index contributed by atoms with van der Waals surface area (Å²) >= 11 is 0. The molecule has 2 aromatic heterocycles. The Morgan fingerprint density at radius 2 is 1.81 bits per heavy atom. The molecule has 0 spiro atoms. The highest BCUT2D eigenvalue weighted by Crippen LogP contribution is 2.37. The minimum atomic E-state index is -1.37. The first-order chi connectivity index (χ1) is 17.5. The number of amides is 1. The number of carbonyl (C=O) groups is 1. The van der Waals surface area contributed by atoms with Crippen LogP contribution in [0.5, 0.6) is 0 Å². The Bertz CT molecular complexity index is 1590. The fourth-order valence-electron chi connectivity index (χ4n) is 4.47. The number of carbonyl (C=O) groups excluding carboxylic acids is 1. The molecule has 2 N–H and O–H groups in total. The molecule has 0 saturated carbocycles. The number of hydrogen-bond acceptors (Lipinski definition) is 3. The zero-order chi connectivity index (χ0) is 26.9. The molecular weight excluding hydrogens is 469 g/mol. The number of aliphatic hydroxyl groups is 1. The highest BCUT2D eigenvalue weighted by molar-refractivity contribution is 6.10. The summed E-state index contributed by atoms with van der Waals surface area (Å²) in [6.45, 7) is 4.97. The molecule has 2 aromatic carbocycles. The van der Waals surface area contributed by atoms with Crippen molar-refractivity contribution in [2.24, 2.45) is 7.05 Å². The van der Waals surface area contributed by atoms with Crippen molar-refractivity contribution in [2.75, 3.05) is 7.05 Å². The summed E-state index contributed by atoms with van der Waals surface area (Å²) in [5.41, 5.74) is 3.61. The van der Waals surface area contributed by atoms with Gasteiger partial charge in [0.2, 0.25) is 6.41 Å². The van der Waals surface area contributed by atoms with Crippen molar-refractivity contribution in [3.63, 3.8) is 0 Å². The molecule has 2 heterocycles. The van der Waals surface area contributed by atoms with Gasteiger partial charge in [0.1, 0.15) is 11.3 Å². The summed E-state index contributed by atoms with van der Waals surface area (Å²) < 4.78 is 16.0. The Balaban J connectivity index is 1.97. The van der Waals surface area contributed by atoms with E-state index in [0.717, 1.165) is 28.7 Å². The van der Waals surface area contributed by atoms with Gasteiger partial charge in [-0.1, -0.05) is 36.4 Å². The molecule has 4 aromatic rings. The van der Waals surface area contributed by atoms with E-state index in [-0.39, 0.29) is 11.1 Å². The van der Waals surface area contributed by atoms with E-state index in [9.17, 15) is 19.1 Å². The third-order valence-corrected chi connectivity index (χ3v) is 6.35. The lowest BCUT2D eigenvalue weighted by molar-refractivity contribution is -0.114. The SMILES string of the molecule is C/C=C(\C(=C/N(C)C=O)c1ccccc1)c1cn(C)c(=O)c2[nH]c(-c3ccc(F)c(C(C)(C)O)c3)cc12. The zero-order valence-electron chi connectivity index (χ0n) is 21.5. The summed E-state index contributed by atoms with van der Waals surface area (Å²) in [6, 6.07) is 16.1. The first kappa shape index (κ1) is 25.9. The highest BCUT2D eigenvalue weighted by atomic mass is 19.1. The van der Waals surface area contributed by atoms with Crippen molar-refractivity contribution in [2.45, 2.75) is 26.4 Å². The number of allylic oxidation sites excluding steroid dienone is 3. The van der Waals surface area contributed by atoms with Gasteiger partial charge in [-0.3, -0.25) is 9.59 Å². The maximum Gasteiger partial charge on any atom is 0.274 e. The van der Waals surface area contributed by atoms with Crippen LogP contribution in [-0.4, -0.2) is 33.0 Å². The standard InChI is InChI=1S/C30H30FN3O3/c1-6-21(23(16-33(4)18-35)19-10-8-7-9-11-19)24-17-34(5)29(36)28-22(24)15-27(32-28)20-12-13-26(31)25(14-20)30(2,3)37/h6-18,32,37H,1-5H3/b21-6+,23-16-. The van der Waals surface area contributed by atoms with E-state index in [1.807, 2.05) is 49.4 Å². The second-order valence-electron chi connectivity index (χ2n) is 9.57. The summed E-state index contributed by atoms with van der Waals surface area (Å²) in [6.07, 6.45) is 6.23. The average Bonchev–Trinajstić information content (AvgIpc) is 3.32. The lowest BCUT2D eigenvalue weighted by Crippen LogP contribution is -2.18. The molecule has 4 rings (SSSR count). The van der Waals surface area contributed by atoms with Crippen molar-refractivity contribution in [3.8, 4) is 11.3 Å². The van der Waals surface area contributed by atoms with Crippen molar-refractivity contribution in [1.82, 2.24) is 14.5 Å². The van der Waals surface area contributed by atoms with Gasteiger partial charge < -0.3 is 19.6 Å². The van der Waals surface area contributed by atoms with Crippen LogP contribution >= 0.6 is 0 Å². The number of hydrogen-bond donors (Lipinski definition) is 2. The molecule has 0 bridgehead atoms. The molecule has 0 fully saturated rings. The Labute approximate surface area is 215 Å². The van der Waals surface area contributed by atoms with Crippen molar-refractivity contribution in [3.05, 3.63) is 106 Å². The Hall–Kier alpha value is -4.23. The van der Waals surface area contributed by atoms with E-state index in [1.54, 1.807) is 38.6 Å². The van der Waals surface area contributed by atoms with Gasteiger partial charge in [0, 0.05) is 54.3 Å². The van der Waals surface area contributed by atoms with E-state index in [4.69, 9.17) is 0 Å². The number of benzene rings is 2. The van der Waals surface area contributed by atoms with Gasteiger partial charge in [-0.05, 0) is 61.7 Å². The molecule has 0 aliphatic carbocycles. The molecule has 0 unspecified atom stereocenters. The normalized spacial score (nSPS) is 12.7. The van der Waals surface area contributed by atoms with Crippen molar-refractivity contribution >= 4 is 28.5 Å². The lowest BCUT2D eigenvalue weighted by atomic mass is 9.91. The third-order valence-electron chi connectivity index (χ3n) is 6.35. The quantitative estimate of drug-likeness (QED) is 0.263. The second-order valence-corrected chi connectivity index (χ2v) is 9.57. The molecule has 0 atom stereocenters. The van der Waals surface area contributed by atoms with Gasteiger partial charge in [-0.15, -0.1) is 0 Å². The van der Waals surface area contributed by atoms with Crippen LogP contribution in [0, 0.1) is 5.82 Å². The number of H-pyrrole nitrogens is 1. The number of pyridine rings is 1. The minimum absolute atomic E-state index is 0.164. The number of halogens is 1. The van der Waals surface area contributed by atoms with Crippen LogP contribution in [0.4, 0.5) is 4.39 Å². The van der Waals surface area contributed by atoms with Gasteiger partial charge in [-0.25, -0.2) is 4.39 Å². The number of nitrogens with zero attached hydrogens (tertiary/aromatic N) is 2. The molecular formula is C30H30FN3O3. The first-order valence-corrected chi connectivity index (χ1v) is 11.9. The lowest BCUT2D eigenvalue weighted by Gasteiger charge is -2.19. The number of aromatic amines is 1. The molecule has 0 aliphatic rings. The van der Waals surface area contributed by atoms with Crippen LogP contribution in [0.2, 0.25) is 0 Å². The third kappa shape index (κ3) is 5.04. The summed E-state index contributed by atoms with van der Waals surface area (Å²) in [5, 5.41) is 11.1. The van der Waals surface area contributed by atoms with Crippen molar-refractivity contribution < 1.29 is 14.3 Å². The molecule has 7 heteroatoms. The molecule has 6 nitrogen and oxygen atoms in total. The molecule has 1 amide bonds. The van der Waals surface area contributed by atoms with Gasteiger partial charge in [-0.2, -0.15) is 0 Å². The molecule has 0 radical (unpaired) electrons. The topological polar surface area (TPSA) is 78.3 Å². The fourth-order valence-corrected chi connectivity index (χ4v) is 4.47. The van der Waals surface area contributed by atoms with Gasteiger partial charge in [0.15, 0.2) is 0 Å². The van der Waals surface area contributed by atoms with Crippen LogP contribution in [-0.2, 0) is 17.4 Å². The largest absolute Gasteiger partial charge is 0.386 e. The van der Waals surface area contributed by atoms with E-state index < -0.39 is 11.4 Å². The smallest absolute Gasteiger partial charge is 0.274 e. The first-order valence-electron chi connectivity index (χ1n) is 11.9. The Morgan fingerprint density at radius 3 is 2.43 bits per heavy atom. The van der Waals surface area contributed by atoms with E-state index in [1.165, 1.54) is 29.4 Å². The Kier molecular flexibility index (Phi) is 7.01. The summed E-state index contributed by atoms with van der Waals surface area (Å²) in [7, 11) is 3.36. The van der Waals surface area contributed by atoms with E-state index >= 15 is 0 Å². The minimum Gasteiger partial charge on any atom is -0.386 e. The predicted molar refractivity (Wildman–Crippen MR) is 146 cm³/mol.